The Balaban J connectivity index is 1.96. The fraction of sp³-hybridized carbons (Fsp3) is 0.469. The molecule has 2 aromatic rings. The van der Waals surface area contributed by atoms with E-state index in [2.05, 4.69) is 11.8 Å². The number of nitrogens with zero attached hydrogens (tertiary/aromatic N) is 2. The molecule has 0 saturated heterocycles. The van der Waals surface area contributed by atoms with Gasteiger partial charge in [0.05, 0.1) is 25.3 Å². The molecule has 0 aliphatic heterocycles. The first-order valence-electron chi connectivity index (χ1n) is 14.7. The van der Waals surface area contributed by atoms with Gasteiger partial charge in [-0.3, -0.25) is 9.69 Å². The highest BCUT2D eigenvalue weighted by Gasteiger charge is 2.24. The van der Waals surface area contributed by atoms with Crippen molar-refractivity contribution < 1.29 is 38.5 Å². The molecule has 1 atom stereocenters. The van der Waals surface area contributed by atoms with Crippen LogP contribution in [0.15, 0.2) is 54.6 Å². The first-order valence-corrected chi connectivity index (χ1v) is 14.7. The third-order valence-corrected chi connectivity index (χ3v) is 6.60. The maximum absolute atomic E-state index is 13.2. The number of esters is 3. The van der Waals surface area contributed by atoms with Gasteiger partial charge >= 0.3 is 17.9 Å². The predicted molar refractivity (Wildman–Crippen MR) is 161 cm³/mol. The van der Waals surface area contributed by atoms with Gasteiger partial charge in [-0.25, -0.2) is 9.59 Å². The molecule has 0 N–H and O–H groups in total. The van der Waals surface area contributed by atoms with E-state index in [1.807, 2.05) is 24.8 Å². The Labute approximate surface area is 252 Å². The summed E-state index contributed by atoms with van der Waals surface area (Å²) in [6, 6.07) is 13.7. The number of hydrogen-bond donors (Lipinski definition) is 0. The molecule has 0 fully saturated rings. The van der Waals surface area contributed by atoms with E-state index in [0.29, 0.717) is 48.1 Å². The SMILES string of the molecule is CCCCC(OC(=O)CN(CC)CC)c1ccccc1C(=O)Oc1ccc(/C=C/C(=O)OCCCCCO[N+](=O)[O-])cc1. The molecule has 0 saturated carbocycles. The summed E-state index contributed by atoms with van der Waals surface area (Å²) in [4.78, 5) is 54.1. The Morgan fingerprint density at radius 1 is 0.930 bits per heavy atom. The predicted octanol–water partition coefficient (Wildman–Crippen LogP) is 5.96. The monoisotopic (exact) mass is 598 g/mol. The Morgan fingerprint density at radius 2 is 1.63 bits per heavy atom. The van der Waals surface area contributed by atoms with E-state index in [9.17, 15) is 24.5 Å². The molecule has 2 rings (SSSR count). The van der Waals surface area contributed by atoms with Crippen molar-refractivity contribution in [1.82, 2.24) is 4.90 Å². The third kappa shape index (κ3) is 13.5. The number of hydrogen-bond acceptors (Lipinski definition) is 10. The van der Waals surface area contributed by atoms with E-state index >= 15 is 0 Å². The minimum absolute atomic E-state index is 0.0186. The molecule has 0 amide bonds. The van der Waals surface area contributed by atoms with Crippen LogP contribution in [0.3, 0.4) is 0 Å². The van der Waals surface area contributed by atoms with Crippen molar-refractivity contribution in [3.05, 3.63) is 81.4 Å². The molecular formula is C32H42N2O9. The highest BCUT2D eigenvalue weighted by Crippen LogP contribution is 2.28. The zero-order valence-corrected chi connectivity index (χ0v) is 25.2. The molecular weight excluding hydrogens is 556 g/mol. The molecule has 0 aliphatic rings. The number of ether oxygens (including phenoxy) is 3. The molecule has 11 heteroatoms. The molecule has 0 aromatic heterocycles. The number of rotatable bonds is 20. The van der Waals surface area contributed by atoms with Crippen molar-refractivity contribution in [2.24, 2.45) is 0 Å². The van der Waals surface area contributed by atoms with E-state index < -0.39 is 23.1 Å². The van der Waals surface area contributed by atoms with Gasteiger partial charge in [0.1, 0.15) is 11.9 Å². The number of carbonyl (C=O) groups excluding carboxylic acids is 3. The molecule has 1 unspecified atom stereocenters. The van der Waals surface area contributed by atoms with Crippen LogP contribution in [0.25, 0.3) is 6.08 Å². The first-order chi connectivity index (χ1) is 20.8. The quantitative estimate of drug-likeness (QED) is 0.0449. The fourth-order valence-corrected chi connectivity index (χ4v) is 4.17. The molecule has 0 heterocycles. The van der Waals surface area contributed by atoms with Crippen LogP contribution in [0.4, 0.5) is 0 Å². The average Bonchev–Trinajstić information content (AvgIpc) is 3.00. The Hall–Kier alpha value is -4.25. The smallest absolute Gasteiger partial charge is 0.343 e. The van der Waals surface area contributed by atoms with Crippen LogP contribution < -0.4 is 4.74 Å². The van der Waals surface area contributed by atoms with Crippen molar-refractivity contribution in [1.29, 1.82) is 0 Å². The molecule has 43 heavy (non-hydrogen) atoms. The van der Waals surface area contributed by atoms with Crippen molar-refractivity contribution in [3.63, 3.8) is 0 Å². The van der Waals surface area contributed by atoms with Gasteiger partial charge in [0.2, 0.25) is 0 Å². The zero-order chi connectivity index (χ0) is 31.5. The largest absolute Gasteiger partial charge is 0.463 e. The van der Waals surface area contributed by atoms with Gasteiger partial charge in [0, 0.05) is 11.6 Å². The molecule has 11 nitrogen and oxygen atoms in total. The lowest BCUT2D eigenvalue weighted by atomic mass is 9.98. The maximum atomic E-state index is 13.2. The Morgan fingerprint density at radius 3 is 2.30 bits per heavy atom. The Kier molecular flexibility index (Phi) is 16.1. The van der Waals surface area contributed by atoms with Crippen molar-refractivity contribution in [3.8, 4) is 5.75 Å². The van der Waals surface area contributed by atoms with E-state index in [4.69, 9.17) is 14.2 Å². The van der Waals surface area contributed by atoms with E-state index in [1.54, 1.807) is 48.5 Å². The standard InChI is InChI=1S/C32H42N2O9/c1-4-7-15-29(43-31(36)24-33(5-2)6-3)27-13-9-10-14-28(27)32(37)42-26-19-16-25(17-20-26)18-21-30(35)40-22-11-8-12-23-41-34(38)39/h9-10,13-14,16-21,29H,4-8,11-12,15,22-24H2,1-3H3/b21-18+. The van der Waals surface area contributed by atoms with Crippen LogP contribution in [0.2, 0.25) is 0 Å². The molecule has 0 aliphatic carbocycles. The highest BCUT2D eigenvalue weighted by molar-refractivity contribution is 5.93. The van der Waals surface area contributed by atoms with Crippen LogP contribution in [-0.2, 0) is 23.9 Å². The topological polar surface area (TPSA) is 135 Å². The van der Waals surface area contributed by atoms with E-state index in [-0.39, 0.29) is 25.7 Å². The zero-order valence-electron chi connectivity index (χ0n) is 25.2. The molecule has 0 bridgehead atoms. The van der Waals surface area contributed by atoms with Crippen LogP contribution in [0, 0.1) is 10.1 Å². The minimum atomic E-state index is -0.833. The minimum Gasteiger partial charge on any atom is -0.463 e. The normalized spacial score (nSPS) is 11.7. The van der Waals surface area contributed by atoms with Gasteiger partial charge in [0.25, 0.3) is 5.09 Å². The third-order valence-electron chi connectivity index (χ3n) is 6.60. The van der Waals surface area contributed by atoms with Gasteiger partial charge < -0.3 is 19.0 Å². The molecule has 0 radical (unpaired) electrons. The van der Waals surface area contributed by atoms with E-state index in [1.165, 1.54) is 6.08 Å². The lowest BCUT2D eigenvalue weighted by Gasteiger charge is -2.23. The second kappa shape index (κ2) is 19.8. The van der Waals surface area contributed by atoms with Crippen LogP contribution >= 0.6 is 0 Å². The first kappa shape index (κ1) is 34.9. The summed E-state index contributed by atoms with van der Waals surface area (Å²) in [5, 5.41) is 9.26. The van der Waals surface area contributed by atoms with Crippen LogP contribution in [0.5, 0.6) is 5.75 Å². The number of carbonyl (C=O) groups is 3. The second-order valence-electron chi connectivity index (χ2n) is 9.75. The van der Waals surface area contributed by atoms with Crippen molar-refractivity contribution in [2.45, 2.75) is 65.4 Å². The Bertz CT molecular complexity index is 1190. The summed E-state index contributed by atoms with van der Waals surface area (Å²) in [6.45, 7) is 7.91. The number of unbranched alkanes of at least 4 members (excludes halogenated alkanes) is 3. The summed E-state index contributed by atoms with van der Waals surface area (Å²) in [5.41, 5.74) is 1.64. The molecule has 234 valence electrons. The maximum Gasteiger partial charge on any atom is 0.343 e. The lowest BCUT2D eigenvalue weighted by Crippen LogP contribution is -2.31. The van der Waals surface area contributed by atoms with Crippen molar-refractivity contribution >= 4 is 24.0 Å². The van der Waals surface area contributed by atoms with Gasteiger partial charge in [-0.1, -0.05) is 57.5 Å². The lowest BCUT2D eigenvalue weighted by molar-refractivity contribution is -0.757. The molecule has 0 spiro atoms. The summed E-state index contributed by atoms with van der Waals surface area (Å²) in [5.74, 6) is -1.08. The highest BCUT2D eigenvalue weighted by atomic mass is 16.9. The number of benzene rings is 2. The van der Waals surface area contributed by atoms with Crippen LogP contribution in [-0.4, -0.2) is 60.7 Å². The van der Waals surface area contributed by atoms with Crippen LogP contribution in [0.1, 0.15) is 86.9 Å². The van der Waals surface area contributed by atoms with Crippen molar-refractivity contribution in [2.75, 3.05) is 32.8 Å². The van der Waals surface area contributed by atoms with E-state index in [0.717, 1.165) is 25.9 Å². The van der Waals surface area contributed by atoms with Gasteiger partial charge in [-0.2, -0.15) is 0 Å². The molecule has 2 aromatic carbocycles. The van der Waals surface area contributed by atoms with Gasteiger partial charge in [-0.15, -0.1) is 10.1 Å². The fourth-order valence-electron chi connectivity index (χ4n) is 4.17. The van der Waals surface area contributed by atoms with Gasteiger partial charge in [0.15, 0.2) is 0 Å². The number of likely N-dealkylation sites (N-methyl/N-ethyl adjacent to an activating group) is 1. The summed E-state index contributed by atoms with van der Waals surface area (Å²) in [7, 11) is 0. The second-order valence-corrected chi connectivity index (χ2v) is 9.75. The van der Waals surface area contributed by atoms with Gasteiger partial charge in [-0.05, 0) is 75.0 Å². The summed E-state index contributed by atoms with van der Waals surface area (Å²) in [6.07, 6.45) is 6.35. The summed E-state index contributed by atoms with van der Waals surface area (Å²) < 4.78 is 16.6. The summed E-state index contributed by atoms with van der Waals surface area (Å²) >= 11 is 0. The average molecular weight is 599 g/mol.